The normalized spacial score (nSPS) is 15.4. The quantitative estimate of drug-likeness (QED) is 0.391. The lowest BCUT2D eigenvalue weighted by molar-refractivity contribution is -0.0980. The molecular weight excluding hydrogens is 486 g/mol. The molecule has 0 spiro atoms. The number of aromatic nitrogens is 3. The van der Waals surface area contributed by atoms with Crippen molar-refractivity contribution in [3.05, 3.63) is 90.2 Å². The van der Waals surface area contributed by atoms with E-state index >= 15 is 0 Å². The highest BCUT2D eigenvalue weighted by atomic mass is 16.5. The highest BCUT2D eigenvalue weighted by molar-refractivity contribution is 5.85. The van der Waals surface area contributed by atoms with Crippen LogP contribution in [0.5, 0.6) is 0 Å². The molecule has 3 N–H and O–H groups in total. The minimum absolute atomic E-state index is 0.0417. The second-order valence-electron chi connectivity index (χ2n) is 10.6. The van der Waals surface area contributed by atoms with Crippen LogP contribution >= 0.6 is 0 Å². The third kappa shape index (κ3) is 6.27. The van der Waals surface area contributed by atoms with E-state index in [0.29, 0.717) is 0 Å². The summed E-state index contributed by atoms with van der Waals surface area (Å²) in [6.45, 7) is 16.1. The average molecular weight is 528 g/mol. The molecule has 0 unspecified atom stereocenters. The van der Waals surface area contributed by atoms with Gasteiger partial charge in [-0.3, -0.25) is 4.57 Å². The molecule has 206 valence electrons. The molecule has 1 aliphatic carbocycles. The first kappa shape index (κ1) is 29.7. The highest BCUT2D eigenvalue weighted by Gasteiger charge is 2.34. The van der Waals surface area contributed by atoms with Crippen LogP contribution in [0, 0.1) is 6.92 Å². The zero-order chi connectivity index (χ0) is 28.8. The van der Waals surface area contributed by atoms with Crippen molar-refractivity contribution in [2.24, 2.45) is 5.73 Å². The Hall–Kier alpha value is -3.81. The van der Waals surface area contributed by atoms with Gasteiger partial charge < -0.3 is 20.6 Å². The maximum Gasteiger partial charge on any atom is 0.154 e. The van der Waals surface area contributed by atoms with E-state index in [-0.39, 0.29) is 11.1 Å². The number of ether oxygens (including phenoxy) is 1. The molecule has 1 aliphatic heterocycles. The number of hydrogen-bond donors (Lipinski definition) is 2. The lowest BCUT2D eigenvalue weighted by Gasteiger charge is -2.38. The van der Waals surface area contributed by atoms with Crippen LogP contribution in [0.1, 0.15) is 64.0 Å². The van der Waals surface area contributed by atoms with Crippen LogP contribution in [0.4, 0.5) is 5.82 Å². The van der Waals surface area contributed by atoms with Crippen LogP contribution in [0.2, 0.25) is 0 Å². The molecule has 7 nitrogen and oxygen atoms in total. The molecule has 7 heteroatoms. The second kappa shape index (κ2) is 12.4. The Morgan fingerprint density at radius 3 is 2.31 bits per heavy atom. The molecule has 0 radical (unpaired) electrons. The number of rotatable bonds is 4. The molecule has 0 atom stereocenters. The summed E-state index contributed by atoms with van der Waals surface area (Å²) in [5, 5.41) is 3.44. The van der Waals surface area contributed by atoms with Crippen LogP contribution in [0.15, 0.2) is 73.1 Å². The van der Waals surface area contributed by atoms with Crippen molar-refractivity contribution in [1.82, 2.24) is 14.5 Å². The standard InChI is InChI=1S/C26H27N5.C5H12O.CH2O/c1-4-8-20-21(5-2)30-24-22(9-6-16-28-24)31-23(17(3)29-25(20)31)18-10-12-19(13-11-18)26(27)14-7-15-26;1-5(2,3)6-4;1-2/h4-6,8-13,16H,2,7,14-15,27H2,1,3H3,(H,28,30);1-4H3;1H2/b8-4-;;. The summed E-state index contributed by atoms with van der Waals surface area (Å²) in [6, 6.07) is 12.7. The zero-order valence-corrected chi connectivity index (χ0v) is 24.0. The number of imidazole rings is 1. The summed E-state index contributed by atoms with van der Waals surface area (Å²) < 4.78 is 7.14. The fourth-order valence-corrected chi connectivity index (χ4v) is 4.57. The third-order valence-corrected chi connectivity index (χ3v) is 6.99. The van der Waals surface area contributed by atoms with Gasteiger partial charge in [0, 0.05) is 30.0 Å². The number of pyridine rings is 1. The van der Waals surface area contributed by atoms with E-state index in [1.54, 1.807) is 13.3 Å². The molecular formula is C32H41N5O2. The van der Waals surface area contributed by atoms with Gasteiger partial charge in [-0.15, -0.1) is 0 Å². The van der Waals surface area contributed by atoms with Gasteiger partial charge in [0.15, 0.2) is 5.82 Å². The third-order valence-electron chi connectivity index (χ3n) is 6.99. The first-order chi connectivity index (χ1) is 18.6. The van der Waals surface area contributed by atoms with E-state index in [2.05, 4.69) is 64.8 Å². The summed E-state index contributed by atoms with van der Waals surface area (Å²) >= 11 is 0. The monoisotopic (exact) mass is 527 g/mol. The van der Waals surface area contributed by atoms with Gasteiger partial charge in [-0.1, -0.05) is 43.0 Å². The number of allylic oxidation sites excluding steroid dienone is 4. The number of fused-ring (bicyclic) bond motifs is 3. The van der Waals surface area contributed by atoms with Gasteiger partial charge in [-0.05, 0) is 77.7 Å². The minimum atomic E-state index is -0.164. The number of hydrogen-bond acceptors (Lipinski definition) is 6. The topological polar surface area (TPSA) is 95.1 Å². The number of aryl methyl sites for hydroxylation is 1. The molecule has 0 amide bonds. The van der Waals surface area contributed by atoms with Gasteiger partial charge in [-0.25, -0.2) is 9.97 Å². The summed E-state index contributed by atoms with van der Waals surface area (Å²) in [4.78, 5) is 17.6. The molecule has 3 aromatic rings. The Balaban J connectivity index is 0.000000467. The minimum Gasteiger partial charge on any atom is -0.379 e. The van der Waals surface area contributed by atoms with Crippen LogP contribution in [-0.2, 0) is 15.1 Å². The van der Waals surface area contributed by atoms with Crippen molar-refractivity contribution in [2.75, 3.05) is 12.4 Å². The predicted octanol–water partition coefficient (Wildman–Crippen LogP) is 6.73. The molecule has 3 heterocycles. The van der Waals surface area contributed by atoms with Gasteiger partial charge in [0.2, 0.25) is 0 Å². The Kier molecular flexibility index (Phi) is 9.43. The summed E-state index contributed by atoms with van der Waals surface area (Å²) in [6.07, 6.45) is 11.0. The fourth-order valence-electron chi connectivity index (χ4n) is 4.57. The second-order valence-corrected chi connectivity index (χ2v) is 10.6. The number of benzene rings is 1. The lowest BCUT2D eigenvalue weighted by Crippen LogP contribution is -2.43. The molecule has 1 saturated carbocycles. The van der Waals surface area contributed by atoms with Crippen LogP contribution in [0.25, 0.3) is 22.5 Å². The average Bonchev–Trinajstić information content (AvgIpc) is 3.20. The van der Waals surface area contributed by atoms with Gasteiger partial charge in [0.1, 0.15) is 12.6 Å². The molecule has 1 fully saturated rings. The molecule has 0 bridgehead atoms. The Labute approximate surface area is 232 Å². The molecule has 1 aromatic carbocycles. The van der Waals surface area contributed by atoms with Crippen molar-refractivity contribution in [3.63, 3.8) is 0 Å². The summed E-state index contributed by atoms with van der Waals surface area (Å²) in [7, 11) is 1.71. The van der Waals surface area contributed by atoms with Crippen molar-refractivity contribution in [1.29, 1.82) is 0 Å². The SMILES string of the molecule is C=CC1=C(/C=C\C)c2nc(C)c(-c3ccc(C4(N)CCC4)cc3)n2-c2cccnc2N1.C=O.COC(C)(C)C. The van der Waals surface area contributed by atoms with Crippen molar-refractivity contribution in [2.45, 2.75) is 65.0 Å². The summed E-state index contributed by atoms with van der Waals surface area (Å²) in [5.41, 5.74) is 13.6. The van der Waals surface area contributed by atoms with Crippen LogP contribution in [0.3, 0.4) is 0 Å². The van der Waals surface area contributed by atoms with Gasteiger partial charge >= 0.3 is 0 Å². The molecule has 0 saturated heterocycles. The molecule has 39 heavy (non-hydrogen) atoms. The number of anilines is 1. The number of carbonyl (C=O) groups excluding carboxylic acids is 1. The van der Waals surface area contributed by atoms with E-state index in [1.165, 1.54) is 12.0 Å². The van der Waals surface area contributed by atoms with Crippen LogP contribution in [-0.4, -0.2) is 34.0 Å². The number of carbonyl (C=O) groups is 1. The van der Waals surface area contributed by atoms with Gasteiger partial charge in [0.25, 0.3) is 0 Å². The number of nitrogens with zero attached hydrogens (tertiary/aromatic N) is 3. The number of nitrogens with one attached hydrogen (secondary N) is 1. The van der Waals surface area contributed by atoms with Crippen molar-refractivity contribution in [3.8, 4) is 16.9 Å². The van der Waals surface area contributed by atoms with E-state index < -0.39 is 0 Å². The van der Waals surface area contributed by atoms with E-state index in [9.17, 15) is 0 Å². The number of methoxy groups -OCH3 is 1. The first-order valence-corrected chi connectivity index (χ1v) is 13.2. The first-order valence-electron chi connectivity index (χ1n) is 13.2. The summed E-state index contributed by atoms with van der Waals surface area (Å²) in [5.74, 6) is 1.65. The number of nitrogens with two attached hydrogens (primary N) is 1. The molecule has 2 aliphatic rings. The fraction of sp³-hybridized carbons (Fsp3) is 0.344. The molecule has 2 aromatic heterocycles. The van der Waals surface area contributed by atoms with E-state index in [0.717, 1.165) is 58.4 Å². The van der Waals surface area contributed by atoms with Gasteiger partial charge in [-0.2, -0.15) is 0 Å². The van der Waals surface area contributed by atoms with E-state index in [1.807, 2.05) is 52.7 Å². The Bertz CT molecular complexity index is 1360. The van der Waals surface area contributed by atoms with Crippen LogP contribution < -0.4 is 11.1 Å². The van der Waals surface area contributed by atoms with Crippen molar-refractivity contribution >= 4 is 18.2 Å². The maximum atomic E-state index is 8.00. The molecule has 5 rings (SSSR count). The Morgan fingerprint density at radius 2 is 1.79 bits per heavy atom. The zero-order valence-electron chi connectivity index (χ0n) is 24.0. The lowest BCUT2D eigenvalue weighted by atomic mass is 9.72. The van der Waals surface area contributed by atoms with Crippen molar-refractivity contribution < 1.29 is 9.53 Å². The predicted molar refractivity (Wildman–Crippen MR) is 161 cm³/mol. The Morgan fingerprint density at radius 1 is 1.15 bits per heavy atom. The smallest absolute Gasteiger partial charge is 0.154 e. The maximum absolute atomic E-state index is 8.00. The van der Waals surface area contributed by atoms with E-state index in [4.69, 9.17) is 20.2 Å². The highest BCUT2D eigenvalue weighted by Crippen LogP contribution is 2.41. The van der Waals surface area contributed by atoms with Gasteiger partial charge in [0.05, 0.1) is 28.4 Å². The largest absolute Gasteiger partial charge is 0.379 e.